The van der Waals surface area contributed by atoms with Crippen LogP contribution in [0.3, 0.4) is 0 Å². The van der Waals surface area contributed by atoms with Gasteiger partial charge in [-0.3, -0.25) is 4.79 Å². The molecule has 2 atom stereocenters. The van der Waals surface area contributed by atoms with Crippen LogP contribution in [0.25, 0.3) is 0 Å². The molecule has 0 spiro atoms. The fourth-order valence-corrected chi connectivity index (χ4v) is 4.19. The molecular weight excluding hydrogens is 395 g/mol. The van der Waals surface area contributed by atoms with Crippen LogP contribution in [-0.4, -0.2) is 5.78 Å². The highest BCUT2D eigenvalue weighted by Gasteiger charge is 2.33. The van der Waals surface area contributed by atoms with Crippen LogP contribution < -0.4 is 0 Å². The number of carbonyl (C=O) groups is 1. The summed E-state index contributed by atoms with van der Waals surface area (Å²) in [5.41, 5.74) is 3.09. The molecule has 30 heavy (non-hydrogen) atoms. The molecule has 1 nitrogen and oxygen atoms in total. The Morgan fingerprint density at radius 3 is 2.17 bits per heavy atom. The van der Waals surface area contributed by atoms with Gasteiger partial charge in [0, 0.05) is 5.02 Å². The second kappa shape index (κ2) is 10.1. The number of benzene rings is 1. The van der Waals surface area contributed by atoms with Gasteiger partial charge in [0.2, 0.25) is 0 Å². The first-order valence-corrected chi connectivity index (χ1v) is 11.3. The lowest BCUT2D eigenvalue weighted by molar-refractivity contribution is -0.110. The Balaban J connectivity index is 0.000000386. The van der Waals surface area contributed by atoms with Crippen molar-refractivity contribution in [3.05, 3.63) is 70.6 Å². The second-order valence-electron chi connectivity index (χ2n) is 10.6. The van der Waals surface area contributed by atoms with Gasteiger partial charge in [0.05, 0.1) is 0 Å². The molecule has 0 radical (unpaired) electrons. The van der Waals surface area contributed by atoms with Gasteiger partial charge in [-0.05, 0) is 78.2 Å². The lowest BCUT2D eigenvalue weighted by Gasteiger charge is -2.40. The molecule has 0 heterocycles. The van der Waals surface area contributed by atoms with Crippen LogP contribution >= 0.6 is 11.6 Å². The van der Waals surface area contributed by atoms with Crippen molar-refractivity contribution < 1.29 is 9.18 Å². The van der Waals surface area contributed by atoms with Gasteiger partial charge in [-0.15, -0.1) is 0 Å². The van der Waals surface area contributed by atoms with E-state index >= 15 is 0 Å². The normalized spacial score (nSPS) is 21.7. The third kappa shape index (κ3) is 7.54. The van der Waals surface area contributed by atoms with Crippen molar-refractivity contribution in [1.82, 2.24) is 0 Å². The minimum absolute atomic E-state index is 0.103. The molecule has 1 aromatic rings. The molecule has 0 aliphatic heterocycles. The predicted molar refractivity (Wildman–Crippen MR) is 126 cm³/mol. The minimum atomic E-state index is -0.259. The zero-order valence-corrected chi connectivity index (χ0v) is 20.0. The van der Waals surface area contributed by atoms with Crippen LogP contribution in [0, 0.1) is 28.5 Å². The predicted octanol–water partition coefficient (Wildman–Crippen LogP) is 8.14. The number of ketones is 1. The third-order valence-electron chi connectivity index (χ3n) is 5.93. The Kier molecular flexibility index (Phi) is 8.27. The number of allylic oxidation sites excluding steroid dienone is 6. The van der Waals surface area contributed by atoms with E-state index in [2.05, 4.69) is 47.6 Å². The van der Waals surface area contributed by atoms with Crippen LogP contribution in [0.5, 0.6) is 0 Å². The van der Waals surface area contributed by atoms with Crippen molar-refractivity contribution >= 4 is 17.4 Å². The zero-order chi connectivity index (χ0) is 22.5. The van der Waals surface area contributed by atoms with E-state index in [0.717, 1.165) is 24.8 Å². The summed E-state index contributed by atoms with van der Waals surface area (Å²) in [6, 6.07) is 4.80. The Labute approximate surface area is 187 Å². The third-order valence-corrected chi connectivity index (χ3v) is 6.29. The van der Waals surface area contributed by atoms with Crippen LogP contribution in [0.15, 0.2) is 54.2 Å². The molecule has 0 N–H and O–H groups in total. The first-order chi connectivity index (χ1) is 13.9. The fourth-order valence-electron chi connectivity index (χ4n) is 3.95. The molecule has 3 rings (SSSR count). The lowest BCUT2D eigenvalue weighted by atomic mass is 9.65. The van der Waals surface area contributed by atoms with Gasteiger partial charge in [0.1, 0.15) is 5.82 Å². The zero-order valence-electron chi connectivity index (χ0n) is 19.3. The Bertz CT molecular complexity index is 819. The van der Waals surface area contributed by atoms with Gasteiger partial charge >= 0.3 is 0 Å². The first kappa shape index (κ1) is 24.6. The van der Waals surface area contributed by atoms with Crippen molar-refractivity contribution in [2.75, 3.05) is 0 Å². The maximum Gasteiger partial charge on any atom is 0.178 e. The van der Waals surface area contributed by atoms with Gasteiger partial charge < -0.3 is 0 Å². The number of carbonyl (C=O) groups excluding carboxylic acids is 1. The summed E-state index contributed by atoms with van der Waals surface area (Å²) in [7, 11) is 0. The van der Waals surface area contributed by atoms with Gasteiger partial charge in [-0.1, -0.05) is 83.0 Å². The minimum Gasteiger partial charge on any atom is -0.290 e. The summed E-state index contributed by atoms with van der Waals surface area (Å²) in [5, 5.41) is 0.559. The van der Waals surface area contributed by atoms with Crippen molar-refractivity contribution in [1.29, 1.82) is 0 Å². The standard InChI is InChI=1S/C21H30ClF.C6H6O/c1-20(2,3)16-10-14(11-17(12-16)21(4,5)6)9-15-7-8-18(23)13-19(15)22;7-6-4-2-1-3-5-6/h7-8,12-14,16H,9-11H2,1-6H3;2-5H,1H2. The van der Waals surface area contributed by atoms with Gasteiger partial charge in [-0.25, -0.2) is 4.39 Å². The summed E-state index contributed by atoms with van der Waals surface area (Å²) >= 11 is 6.25. The maximum absolute atomic E-state index is 13.3. The monoisotopic (exact) mass is 430 g/mol. The molecule has 3 heteroatoms. The van der Waals surface area contributed by atoms with E-state index in [0.29, 0.717) is 16.9 Å². The first-order valence-electron chi connectivity index (χ1n) is 10.9. The van der Waals surface area contributed by atoms with Crippen LogP contribution in [0.4, 0.5) is 4.39 Å². The smallest absolute Gasteiger partial charge is 0.178 e. The quantitative estimate of drug-likeness (QED) is 0.432. The summed E-state index contributed by atoms with van der Waals surface area (Å²) in [5.74, 6) is 0.993. The summed E-state index contributed by atoms with van der Waals surface area (Å²) < 4.78 is 13.3. The Morgan fingerprint density at radius 2 is 1.70 bits per heavy atom. The molecule has 0 fully saturated rings. The van der Waals surface area contributed by atoms with Crippen molar-refractivity contribution in [3.8, 4) is 0 Å². The molecule has 0 amide bonds. The highest BCUT2D eigenvalue weighted by atomic mass is 35.5. The molecule has 0 bridgehead atoms. The van der Waals surface area contributed by atoms with E-state index in [1.807, 2.05) is 18.2 Å². The van der Waals surface area contributed by atoms with Crippen molar-refractivity contribution in [2.45, 2.75) is 67.2 Å². The molecule has 1 aromatic carbocycles. The fraction of sp³-hybridized carbons (Fsp3) is 0.519. The van der Waals surface area contributed by atoms with Crippen LogP contribution in [0.1, 0.15) is 66.4 Å². The number of rotatable bonds is 2. The largest absolute Gasteiger partial charge is 0.290 e. The molecule has 2 unspecified atom stereocenters. The molecule has 164 valence electrons. The van der Waals surface area contributed by atoms with Crippen molar-refractivity contribution in [2.24, 2.45) is 22.7 Å². The molecule has 2 aliphatic rings. The van der Waals surface area contributed by atoms with Crippen LogP contribution in [0.2, 0.25) is 5.02 Å². The Hall–Kier alpha value is -1.67. The molecule has 0 aromatic heterocycles. The van der Waals surface area contributed by atoms with Gasteiger partial charge in [0.25, 0.3) is 0 Å². The average molecular weight is 431 g/mol. The maximum atomic E-state index is 13.3. The van der Waals surface area contributed by atoms with E-state index in [9.17, 15) is 9.18 Å². The summed E-state index contributed by atoms with van der Waals surface area (Å²) in [6.07, 6.45) is 13.5. The topological polar surface area (TPSA) is 17.1 Å². The highest BCUT2D eigenvalue weighted by molar-refractivity contribution is 6.31. The Morgan fingerprint density at radius 1 is 1.07 bits per heavy atom. The lowest BCUT2D eigenvalue weighted by Crippen LogP contribution is -2.29. The number of hydrogen-bond donors (Lipinski definition) is 0. The SMILES string of the molecule is CC(C)(C)C1=CC(C(C)(C)C)CC(Cc2ccc(F)cc2Cl)C1.O=C1C=CCC=C1. The van der Waals surface area contributed by atoms with Gasteiger partial charge in [0.15, 0.2) is 5.78 Å². The second-order valence-corrected chi connectivity index (χ2v) is 11.0. The number of halogens is 2. The molecular formula is C27H36ClFO. The average Bonchev–Trinajstić information content (AvgIpc) is 2.64. The summed E-state index contributed by atoms with van der Waals surface area (Å²) in [6.45, 7) is 13.9. The van der Waals surface area contributed by atoms with Crippen LogP contribution in [-0.2, 0) is 11.2 Å². The van der Waals surface area contributed by atoms with E-state index in [-0.39, 0.29) is 22.4 Å². The molecule has 2 aliphatic carbocycles. The van der Waals surface area contributed by atoms with Crippen molar-refractivity contribution in [3.63, 3.8) is 0 Å². The molecule has 0 saturated carbocycles. The van der Waals surface area contributed by atoms with E-state index in [4.69, 9.17) is 11.6 Å². The number of hydrogen-bond acceptors (Lipinski definition) is 1. The highest BCUT2D eigenvalue weighted by Crippen LogP contribution is 2.45. The van der Waals surface area contributed by atoms with E-state index < -0.39 is 0 Å². The van der Waals surface area contributed by atoms with E-state index in [1.54, 1.807) is 17.7 Å². The van der Waals surface area contributed by atoms with E-state index in [1.165, 1.54) is 18.6 Å². The van der Waals surface area contributed by atoms with Gasteiger partial charge in [-0.2, -0.15) is 0 Å². The molecule has 0 saturated heterocycles. The summed E-state index contributed by atoms with van der Waals surface area (Å²) in [4.78, 5) is 10.3.